The van der Waals surface area contributed by atoms with Crippen molar-refractivity contribution in [3.8, 4) is 12.3 Å². The molecule has 2 nitrogen and oxygen atoms in total. The Bertz CT molecular complexity index is 279. The Kier molecular flexibility index (Phi) is 5.04. The summed E-state index contributed by atoms with van der Waals surface area (Å²) in [5.74, 6) is 3.48. The molecule has 0 radical (unpaired) electrons. The van der Waals surface area contributed by atoms with Gasteiger partial charge in [0.25, 0.3) is 0 Å². The number of hydrogen-bond donors (Lipinski definition) is 1. The first-order valence-electron chi connectivity index (χ1n) is 6.87. The SMILES string of the molecule is C#CCC(C)N1CC(C)(CC)NCC1C(C)C. The summed E-state index contributed by atoms with van der Waals surface area (Å²) < 4.78 is 0. The first kappa shape index (κ1) is 14.5. The minimum atomic E-state index is 0.244. The third-order valence-corrected chi connectivity index (χ3v) is 4.22. The lowest BCUT2D eigenvalue weighted by atomic mass is 9.88. The van der Waals surface area contributed by atoms with Crippen molar-refractivity contribution in [1.29, 1.82) is 0 Å². The van der Waals surface area contributed by atoms with Gasteiger partial charge in [-0.2, -0.15) is 0 Å². The highest BCUT2D eigenvalue weighted by atomic mass is 15.3. The Labute approximate surface area is 107 Å². The molecule has 1 aliphatic rings. The maximum absolute atomic E-state index is 5.47. The number of rotatable bonds is 4. The van der Waals surface area contributed by atoms with Crippen molar-refractivity contribution in [1.82, 2.24) is 10.2 Å². The fourth-order valence-electron chi connectivity index (χ4n) is 2.67. The Hall–Kier alpha value is -0.520. The number of nitrogens with one attached hydrogen (secondary N) is 1. The van der Waals surface area contributed by atoms with E-state index in [1.54, 1.807) is 0 Å². The van der Waals surface area contributed by atoms with Crippen molar-refractivity contribution in [3.05, 3.63) is 0 Å². The second-order valence-electron chi connectivity index (χ2n) is 6.04. The van der Waals surface area contributed by atoms with E-state index in [1.807, 2.05) is 0 Å². The van der Waals surface area contributed by atoms with Gasteiger partial charge in [-0.25, -0.2) is 0 Å². The lowest BCUT2D eigenvalue weighted by Crippen LogP contribution is -2.65. The van der Waals surface area contributed by atoms with E-state index in [0.29, 0.717) is 18.0 Å². The molecule has 0 aromatic carbocycles. The average Bonchev–Trinajstić information content (AvgIpc) is 2.29. The van der Waals surface area contributed by atoms with Crippen molar-refractivity contribution in [2.45, 2.75) is 65.1 Å². The van der Waals surface area contributed by atoms with E-state index in [2.05, 4.69) is 50.8 Å². The van der Waals surface area contributed by atoms with Crippen LogP contribution in [0, 0.1) is 18.3 Å². The van der Waals surface area contributed by atoms with E-state index in [1.165, 1.54) is 0 Å². The van der Waals surface area contributed by atoms with Gasteiger partial charge in [0.15, 0.2) is 0 Å². The van der Waals surface area contributed by atoms with Crippen molar-refractivity contribution in [2.75, 3.05) is 13.1 Å². The standard InChI is InChI=1S/C15H28N2/c1-7-9-13(5)17-11-15(6,8-2)16-10-14(17)12(3)4/h1,12-14,16H,8-11H2,2-6H3. The van der Waals surface area contributed by atoms with Gasteiger partial charge in [-0.15, -0.1) is 12.3 Å². The van der Waals surface area contributed by atoms with Crippen LogP contribution in [0.25, 0.3) is 0 Å². The Morgan fingerprint density at radius 3 is 2.59 bits per heavy atom. The van der Waals surface area contributed by atoms with Crippen molar-refractivity contribution < 1.29 is 0 Å². The van der Waals surface area contributed by atoms with Gasteiger partial charge in [-0.05, 0) is 26.2 Å². The molecule has 17 heavy (non-hydrogen) atoms. The van der Waals surface area contributed by atoms with Crippen LogP contribution in [-0.2, 0) is 0 Å². The van der Waals surface area contributed by atoms with Crippen LogP contribution in [0.3, 0.4) is 0 Å². The second-order valence-corrected chi connectivity index (χ2v) is 6.04. The number of hydrogen-bond acceptors (Lipinski definition) is 2. The fraction of sp³-hybridized carbons (Fsp3) is 0.867. The predicted octanol–water partition coefficient (Wildman–Crippen LogP) is 2.50. The van der Waals surface area contributed by atoms with Crippen LogP contribution in [0.5, 0.6) is 0 Å². The van der Waals surface area contributed by atoms with E-state index < -0.39 is 0 Å². The molecule has 0 aromatic rings. The van der Waals surface area contributed by atoms with Gasteiger partial charge < -0.3 is 5.32 Å². The number of piperazine rings is 1. The van der Waals surface area contributed by atoms with Gasteiger partial charge >= 0.3 is 0 Å². The largest absolute Gasteiger partial charge is 0.309 e. The second kappa shape index (κ2) is 5.89. The molecule has 1 N–H and O–H groups in total. The molecule has 2 heteroatoms. The van der Waals surface area contributed by atoms with E-state index in [0.717, 1.165) is 25.9 Å². The van der Waals surface area contributed by atoms with Crippen molar-refractivity contribution in [2.24, 2.45) is 5.92 Å². The highest BCUT2D eigenvalue weighted by Crippen LogP contribution is 2.25. The van der Waals surface area contributed by atoms with Gasteiger partial charge in [-0.3, -0.25) is 4.90 Å². The normalized spacial score (nSPS) is 32.4. The quantitative estimate of drug-likeness (QED) is 0.755. The van der Waals surface area contributed by atoms with Crippen molar-refractivity contribution in [3.63, 3.8) is 0 Å². The Balaban J connectivity index is 2.80. The Morgan fingerprint density at radius 2 is 2.12 bits per heavy atom. The lowest BCUT2D eigenvalue weighted by Gasteiger charge is -2.49. The zero-order valence-corrected chi connectivity index (χ0v) is 12.1. The first-order chi connectivity index (χ1) is 7.93. The molecule has 0 spiro atoms. The van der Waals surface area contributed by atoms with E-state index in [-0.39, 0.29) is 5.54 Å². The molecule has 98 valence electrons. The molecule has 0 bridgehead atoms. The molecule has 1 fully saturated rings. The lowest BCUT2D eigenvalue weighted by molar-refractivity contribution is 0.0317. The molecule has 3 unspecified atom stereocenters. The highest BCUT2D eigenvalue weighted by Gasteiger charge is 2.37. The van der Waals surface area contributed by atoms with Crippen LogP contribution in [-0.4, -0.2) is 35.6 Å². The van der Waals surface area contributed by atoms with Crippen LogP contribution >= 0.6 is 0 Å². The molecule has 1 heterocycles. The zero-order valence-electron chi connectivity index (χ0n) is 12.1. The van der Waals surface area contributed by atoms with Crippen LogP contribution in [0.15, 0.2) is 0 Å². The highest BCUT2D eigenvalue weighted by molar-refractivity contribution is 4.99. The predicted molar refractivity (Wildman–Crippen MR) is 74.9 cm³/mol. The van der Waals surface area contributed by atoms with Crippen LogP contribution < -0.4 is 5.32 Å². The maximum atomic E-state index is 5.47. The molecule has 1 saturated heterocycles. The summed E-state index contributed by atoms with van der Waals surface area (Å²) in [6.45, 7) is 13.6. The summed E-state index contributed by atoms with van der Waals surface area (Å²) >= 11 is 0. The smallest absolute Gasteiger partial charge is 0.0278 e. The summed E-state index contributed by atoms with van der Waals surface area (Å²) in [5, 5.41) is 3.71. The molecule has 0 saturated carbocycles. The number of nitrogens with zero attached hydrogens (tertiary/aromatic N) is 1. The molecule has 0 amide bonds. The Morgan fingerprint density at radius 1 is 1.47 bits per heavy atom. The molecule has 3 atom stereocenters. The van der Waals surface area contributed by atoms with Crippen molar-refractivity contribution >= 4 is 0 Å². The third kappa shape index (κ3) is 3.47. The summed E-state index contributed by atoms with van der Waals surface area (Å²) in [5.41, 5.74) is 0.244. The van der Waals surface area contributed by atoms with Gasteiger partial charge in [0.05, 0.1) is 0 Å². The van der Waals surface area contributed by atoms with Gasteiger partial charge in [0, 0.05) is 37.1 Å². The monoisotopic (exact) mass is 236 g/mol. The first-order valence-corrected chi connectivity index (χ1v) is 6.87. The fourth-order valence-corrected chi connectivity index (χ4v) is 2.67. The van der Waals surface area contributed by atoms with E-state index in [4.69, 9.17) is 6.42 Å². The molecule has 1 rings (SSSR count). The van der Waals surface area contributed by atoms with Gasteiger partial charge in [0.2, 0.25) is 0 Å². The van der Waals surface area contributed by atoms with E-state index in [9.17, 15) is 0 Å². The minimum absolute atomic E-state index is 0.244. The zero-order chi connectivity index (χ0) is 13.1. The van der Waals surface area contributed by atoms with E-state index >= 15 is 0 Å². The van der Waals surface area contributed by atoms with Gasteiger partial charge in [-0.1, -0.05) is 20.8 Å². The molecule has 0 aromatic heterocycles. The molecular weight excluding hydrogens is 208 g/mol. The summed E-state index contributed by atoms with van der Waals surface area (Å²) in [7, 11) is 0. The minimum Gasteiger partial charge on any atom is -0.309 e. The third-order valence-electron chi connectivity index (χ3n) is 4.22. The maximum Gasteiger partial charge on any atom is 0.0278 e. The van der Waals surface area contributed by atoms with Gasteiger partial charge in [0.1, 0.15) is 0 Å². The molecular formula is C15H28N2. The summed E-state index contributed by atoms with van der Waals surface area (Å²) in [6, 6.07) is 1.10. The average molecular weight is 236 g/mol. The van der Waals surface area contributed by atoms with Crippen LogP contribution in [0.4, 0.5) is 0 Å². The topological polar surface area (TPSA) is 15.3 Å². The summed E-state index contributed by atoms with van der Waals surface area (Å²) in [4.78, 5) is 2.62. The van der Waals surface area contributed by atoms with Crippen LogP contribution in [0.2, 0.25) is 0 Å². The summed E-state index contributed by atoms with van der Waals surface area (Å²) in [6.07, 6.45) is 7.48. The number of terminal acetylenes is 1. The molecule has 1 aliphatic heterocycles. The molecule has 0 aliphatic carbocycles. The van der Waals surface area contributed by atoms with Crippen LogP contribution in [0.1, 0.15) is 47.5 Å².